The normalized spacial score (nSPS) is 14.6. The van der Waals surface area contributed by atoms with Gasteiger partial charge in [-0.15, -0.1) is 0 Å². The van der Waals surface area contributed by atoms with E-state index in [1.165, 1.54) is 0 Å². The summed E-state index contributed by atoms with van der Waals surface area (Å²) in [4.78, 5) is 34.2. The van der Waals surface area contributed by atoms with Gasteiger partial charge in [0.25, 0.3) is 0 Å². The van der Waals surface area contributed by atoms with Crippen molar-refractivity contribution in [1.29, 1.82) is 0 Å². The largest absolute Gasteiger partial charge is 0.480 e. The first-order valence-electron chi connectivity index (χ1n) is 6.52. The topological polar surface area (TPSA) is 108 Å². The number of carboxylic acids is 1. The second-order valence-corrected chi connectivity index (χ2v) is 4.74. The zero-order chi connectivity index (χ0) is 14.5. The standard InChI is InChI=1S/C12H21N3O4/c1-3-12(4-2,10(17)18)15-11(19)13-7-9(16)14-8-5-6-8/h8H,3-7H2,1-2H3,(H,14,16)(H,17,18)(H2,13,15,19). The molecule has 0 aliphatic heterocycles. The number of hydrogen-bond acceptors (Lipinski definition) is 3. The summed E-state index contributed by atoms with van der Waals surface area (Å²) in [5.74, 6) is -1.33. The predicted molar refractivity (Wildman–Crippen MR) is 68.6 cm³/mol. The zero-order valence-electron chi connectivity index (χ0n) is 11.3. The number of carbonyl (C=O) groups is 3. The lowest BCUT2D eigenvalue weighted by Gasteiger charge is -2.27. The van der Waals surface area contributed by atoms with Crippen LogP contribution in [0, 0.1) is 0 Å². The Balaban J connectivity index is 2.39. The van der Waals surface area contributed by atoms with Crippen molar-refractivity contribution < 1.29 is 19.5 Å². The lowest BCUT2D eigenvalue weighted by atomic mass is 9.93. The molecule has 4 N–H and O–H groups in total. The quantitative estimate of drug-likeness (QED) is 0.530. The van der Waals surface area contributed by atoms with Gasteiger partial charge in [-0.1, -0.05) is 13.8 Å². The number of carbonyl (C=O) groups excluding carboxylic acids is 2. The van der Waals surface area contributed by atoms with Crippen molar-refractivity contribution in [2.24, 2.45) is 0 Å². The number of hydrogen-bond donors (Lipinski definition) is 4. The van der Waals surface area contributed by atoms with Crippen LogP contribution in [0.3, 0.4) is 0 Å². The van der Waals surface area contributed by atoms with Gasteiger partial charge < -0.3 is 21.1 Å². The summed E-state index contributed by atoms with van der Waals surface area (Å²) in [6.07, 6.45) is 2.51. The van der Waals surface area contributed by atoms with E-state index in [1.807, 2.05) is 0 Å². The highest BCUT2D eigenvalue weighted by molar-refractivity contribution is 5.88. The summed E-state index contributed by atoms with van der Waals surface area (Å²) in [6, 6.07) is -0.404. The molecule has 19 heavy (non-hydrogen) atoms. The molecule has 0 radical (unpaired) electrons. The predicted octanol–water partition coefficient (Wildman–Crippen LogP) is 0.208. The highest BCUT2D eigenvalue weighted by Gasteiger charge is 2.36. The third-order valence-electron chi connectivity index (χ3n) is 3.32. The van der Waals surface area contributed by atoms with Crippen molar-refractivity contribution in [3.05, 3.63) is 0 Å². The summed E-state index contributed by atoms with van der Waals surface area (Å²) >= 11 is 0. The molecule has 0 aromatic carbocycles. The molecule has 0 atom stereocenters. The van der Waals surface area contributed by atoms with E-state index < -0.39 is 17.5 Å². The molecule has 0 saturated heterocycles. The highest BCUT2D eigenvalue weighted by atomic mass is 16.4. The second-order valence-electron chi connectivity index (χ2n) is 4.74. The molecule has 3 amide bonds. The molecule has 0 bridgehead atoms. The number of carboxylic acid groups (broad SMARTS) is 1. The van der Waals surface area contributed by atoms with Crippen LogP contribution in [-0.2, 0) is 9.59 Å². The van der Waals surface area contributed by atoms with Gasteiger partial charge in [0.2, 0.25) is 5.91 Å². The minimum absolute atomic E-state index is 0.147. The van der Waals surface area contributed by atoms with Crippen molar-refractivity contribution in [2.75, 3.05) is 6.54 Å². The first-order valence-corrected chi connectivity index (χ1v) is 6.52. The minimum Gasteiger partial charge on any atom is -0.480 e. The minimum atomic E-state index is -1.28. The van der Waals surface area contributed by atoms with Crippen molar-refractivity contribution >= 4 is 17.9 Å². The van der Waals surface area contributed by atoms with Crippen LogP contribution in [0.25, 0.3) is 0 Å². The van der Waals surface area contributed by atoms with Gasteiger partial charge in [-0.25, -0.2) is 9.59 Å². The number of amides is 3. The molecule has 1 fully saturated rings. The van der Waals surface area contributed by atoms with Crippen LogP contribution in [-0.4, -0.2) is 41.1 Å². The van der Waals surface area contributed by atoms with Gasteiger partial charge in [-0.05, 0) is 25.7 Å². The van der Waals surface area contributed by atoms with Gasteiger partial charge in [-0.3, -0.25) is 4.79 Å². The van der Waals surface area contributed by atoms with Gasteiger partial charge in [0.15, 0.2) is 0 Å². The van der Waals surface area contributed by atoms with Gasteiger partial charge in [0, 0.05) is 6.04 Å². The summed E-state index contributed by atoms with van der Waals surface area (Å²) in [6.45, 7) is 3.24. The summed E-state index contributed by atoms with van der Waals surface area (Å²) < 4.78 is 0. The summed E-state index contributed by atoms with van der Waals surface area (Å²) in [7, 11) is 0. The Morgan fingerprint density at radius 2 is 1.79 bits per heavy atom. The van der Waals surface area contributed by atoms with Gasteiger partial charge in [0.1, 0.15) is 5.54 Å². The van der Waals surface area contributed by atoms with E-state index in [1.54, 1.807) is 13.8 Å². The number of urea groups is 1. The second kappa shape index (κ2) is 6.40. The van der Waals surface area contributed by atoms with Crippen LogP contribution < -0.4 is 16.0 Å². The molecule has 7 nitrogen and oxygen atoms in total. The van der Waals surface area contributed by atoms with E-state index in [0.717, 1.165) is 12.8 Å². The molecule has 108 valence electrons. The molecular weight excluding hydrogens is 250 g/mol. The van der Waals surface area contributed by atoms with Crippen LogP contribution >= 0.6 is 0 Å². The van der Waals surface area contributed by atoms with Crippen molar-refractivity contribution in [1.82, 2.24) is 16.0 Å². The Morgan fingerprint density at radius 1 is 1.21 bits per heavy atom. The fraction of sp³-hybridized carbons (Fsp3) is 0.750. The molecule has 0 aromatic rings. The van der Waals surface area contributed by atoms with E-state index in [0.29, 0.717) is 0 Å². The Hall–Kier alpha value is -1.79. The van der Waals surface area contributed by atoms with Crippen LogP contribution in [0.4, 0.5) is 4.79 Å². The lowest BCUT2D eigenvalue weighted by Crippen LogP contribution is -2.57. The third-order valence-corrected chi connectivity index (χ3v) is 3.32. The smallest absolute Gasteiger partial charge is 0.329 e. The van der Waals surface area contributed by atoms with E-state index in [-0.39, 0.29) is 31.3 Å². The molecule has 1 saturated carbocycles. The Bertz CT molecular complexity index is 362. The molecule has 1 aliphatic rings. The van der Waals surface area contributed by atoms with Crippen LogP contribution in [0.1, 0.15) is 39.5 Å². The van der Waals surface area contributed by atoms with Gasteiger partial charge >= 0.3 is 12.0 Å². The molecule has 0 heterocycles. The molecular formula is C12H21N3O4. The van der Waals surface area contributed by atoms with E-state index in [9.17, 15) is 14.4 Å². The Labute approximate surface area is 112 Å². The van der Waals surface area contributed by atoms with Crippen molar-refractivity contribution in [3.8, 4) is 0 Å². The SMILES string of the molecule is CCC(CC)(NC(=O)NCC(=O)NC1CC1)C(=O)O. The first kappa shape index (κ1) is 15.3. The van der Waals surface area contributed by atoms with E-state index >= 15 is 0 Å². The highest BCUT2D eigenvalue weighted by Crippen LogP contribution is 2.18. The third kappa shape index (κ3) is 4.42. The summed E-state index contributed by atoms with van der Waals surface area (Å²) in [5, 5.41) is 16.7. The molecule has 0 unspecified atom stereocenters. The average molecular weight is 271 g/mol. The fourth-order valence-electron chi connectivity index (χ4n) is 1.71. The average Bonchev–Trinajstić information content (AvgIpc) is 3.17. The van der Waals surface area contributed by atoms with Gasteiger partial charge in [0.05, 0.1) is 6.54 Å². The van der Waals surface area contributed by atoms with Crippen LogP contribution in [0.5, 0.6) is 0 Å². The monoisotopic (exact) mass is 271 g/mol. The first-order chi connectivity index (χ1) is 8.93. The van der Waals surface area contributed by atoms with Crippen molar-refractivity contribution in [3.63, 3.8) is 0 Å². The molecule has 0 aromatic heterocycles. The maximum atomic E-state index is 11.6. The summed E-state index contributed by atoms with van der Waals surface area (Å²) in [5.41, 5.74) is -1.28. The molecule has 7 heteroatoms. The zero-order valence-corrected chi connectivity index (χ0v) is 11.3. The van der Waals surface area contributed by atoms with Gasteiger partial charge in [-0.2, -0.15) is 0 Å². The number of rotatable bonds is 7. The lowest BCUT2D eigenvalue weighted by molar-refractivity contribution is -0.144. The number of aliphatic carboxylic acids is 1. The Morgan fingerprint density at radius 3 is 2.21 bits per heavy atom. The molecule has 1 aliphatic carbocycles. The Kier molecular flexibility index (Phi) is 5.14. The maximum absolute atomic E-state index is 11.6. The fourth-order valence-corrected chi connectivity index (χ4v) is 1.71. The molecule has 0 spiro atoms. The van der Waals surface area contributed by atoms with E-state index in [2.05, 4.69) is 16.0 Å². The van der Waals surface area contributed by atoms with Crippen molar-refractivity contribution in [2.45, 2.75) is 51.1 Å². The maximum Gasteiger partial charge on any atom is 0.329 e. The molecule has 1 rings (SSSR count). The van der Waals surface area contributed by atoms with Crippen LogP contribution in [0.15, 0.2) is 0 Å². The van der Waals surface area contributed by atoms with Crippen LogP contribution in [0.2, 0.25) is 0 Å². The van der Waals surface area contributed by atoms with E-state index in [4.69, 9.17) is 5.11 Å². The number of nitrogens with one attached hydrogen (secondary N) is 3.